The van der Waals surface area contributed by atoms with Crippen LogP contribution in [0.4, 0.5) is 5.69 Å². The van der Waals surface area contributed by atoms with E-state index in [1.165, 1.54) is 0 Å². The Morgan fingerprint density at radius 2 is 1.88 bits per heavy atom. The first-order valence-corrected chi connectivity index (χ1v) is 8.72. The van der Waals surface area contributed by atoms with Crippen molar-refractivity contribution in [1.82, 2.24) is 0 Å². The van der Waals surface area contributed by atoms with Gasteiger partial charge in [0.1, 0.15) is 12.4 Å². The Morgan fingerprint density at radius 3 is 2.54 bits per heavy atom. The van der Waals surface area contributed by atoms with Crippen molar-refractivity contribution in [2.75, 3.05) is 12.4 Å². The standard InChI is InChI=1S/C21H24ClN3O/c1-13-6-5-7-20(25-4)17(13)12-26-21-10-14(2)16(11-18(21)22)19(24)9-8-15(3)23/h5-11,23-25H,12H2,1-4H3/b9-8-,23-15?,24-19?. The van der Waals surface area contributed by atoms with E-state index in [9.17, 15) is 0 Å². The molecule has 0 saturated carbocycles. The number of rotatable bonds is 7. The molecule has 0 radical (unpaired) electrons. The molecule has 0 fully saturated rings. The fourth-order valence-electron chi connectivity index (χ4n) is 2.63. The van der Waals surface area contributed by atoms with Crippen LogP contribution in [0.15, 0.2) is 42.5 Å². The molecule has 0 aliphatic carbocycles. The van der Waals surface area contributed by atoms with E-state index >= 15 is 0 Å². The van der Waals surface area contributed by atoms with Gasteiger partial charge in [-0.15, -0.1) is 0 Å². The number of hydrogen-bond donors (Lipinski definition) is 3. The van der Waals surface area contributed by atoms with Gasteiger partial charge in [-0.05, 0) is 62.2 Å². The first kappa shape index (κ1) is 19.7. The number of nitrogens with one attached hydrogen (secondary N) is 3. The molecule has 2 aromatic rings. The molecule has 2 rings (SSSR count). The first-order valence-electron chi connectivity index (χ1n) is 8.34. The summed E-state index contributed by atoms with van der Waals surface area (Å²) in [4.78, 5) is 0. The molecule has 0 unspecified atom stereocenters. The molecule has 0 spiro atoms. The van der Waals surface area contributed by atoms with E-state index in [0.29, 0.717) is 28.8 Å². The molecule has 136 valence electrons. The third kappa shape index (κ3) is 4.73. The van der Waals surface area contributed by atoms with Crippen molar-refractivity contribution < 1.29 is 4.74 Å². The monoisotopic (exact) mass is 369 g/mol. The Hall–Kier alpha value is -2.59. The van der Waals surface area contributed by atoms with Crippen molar-refractivity contribution in [2.45, 2.75) is 27.4 Å². The van der Waals surface area contributed by atoms with Gasteiger partial charge in [0.15, 0.2) is 0 Å². The van der Waals surface area contributed by atoms with Gasteiger partial charge in [-0.2, -0.15) is 0 Å². The zero-order chi connectivity index (χ0) is 19.3. The van der Waals surface area contributed by atoms with Crippen LogP contribution < -0.4 is 10.1 Å². The molecule has 0 aliphatic heterocycles. The van der Waals surface area contributed by atoms with Crippen LogP contribution in [0, 0.1) is 24.7 Å². The highest BCUT2D eigenvalue weighted by molar-refractivity contribution is 6.32. The summed E-state index contributed by atoms with van der Waals surface area (Å²) >= 11 is 6.38. The molecular formula is C21H24ClN3O. The van der Waals surface area contributed by atoms with Gasteiger partial charge in [0, 0.05) is 29.6 Å². The van der Waals surface area contributed by atoms with Gasteiger partial charge in [-0.3, -0.25) is 0 Å². The number of hydrogen-bond acceptors (Lipinski definition) is 4. The number of halogens is 1. The molecule has 3 N–H and O–H groups in total. The maximum absolute atomic E-state index is 8.16. The SMILES string of the molecule is CNc1cccc(C)c1COc1cc(C)c(C(=N)/C=C\C(C)=N)cc1Cl. The predicted molar refractivity (Wildman–Crippen MR) is 111 cm³/mol. The topological polar surface area (TPSA) is 69.0 Å². The van der Waals surface area contributed by atoms with Crippen molar-refractivity contribution in [1.29, 1.82) is 10.8 Å². The molecular weight excluding hydrogens is 346 g/mol. The minimum absolute atomic E-state index is 0.318. The molecule has 2 aromatic carbocycles. The summed E-state index contributed by atoms with van der Waals surface area (Å²) < 4.78 is 5.97. The van der Waals surface area contributed by atoms with E-state index in [1.54, 1.807) is 25.1 Å². The van der Waals surface area contributed by atoms with E-state index in [1.807, 2.05) is 32.2 Å². The molecule has 4 nitrogen and oxygen atoms in total. The van der Waals surface area contributed by atoms with Gasteiger partial charge in [0.25, 0.3) is 0 Å². The Bertz CT molecular complexity index is 872. The largest absolute Gasteiger partial charge is 0.487 e. The van der Waals surface area contributed by atoms with Crippen LogP contribution in [0.3, 0.4) is 0 Å². The molecule has 5 heteroatoms. The van der Waals surface area contributed by atoms with Gasteiger partial charge < -0.3 is 20.9 Å². The van der Waals surface area contributed by atoms with Crippen molar-refractivity contribution >= 4 is 28.7 Å². The molecule has 0 atom stereocenters. The number of anilines is 1. The Kier molecular flexibility index (Phi) is 6.58. The van der Waals surface area contributed by atoms with Crippen LogP contribution in [-0.4, -0.2) is 18.5 Å². The van der Waals surface area contributed by atoms with Gasteiger partial charge >= 0.3 is 0 Å². The third-order valence-electron chi connectivity index (χ3n) is 4.12. The molecule has 0 aromatic heterocycles. The minimum Gasteiger partial charge on any atom is -0.487 e. The smallest absolute Gasteiger partial charge is 0.138 e. The second-order valence-corrected chi connectivity index (χ2v) is 6.57. The highest BCUT2D eigenvalue weighted by Crippen LogP contribution is 2.30. The molecule has 0 bridgehead atoms. The van der Waals surface area contributed by atoms with Gasteiger partial charge in [0.05, 0.1) is 10.7 Å². The van der Waals surface area contributed by atoms with Crippen LogP contribution in [0.25, 0.3) is 0 Å². The Balaban J connectivity index is 2.24. The van der Waals surface area contributed by atoms with E-state index < -0.39 is 0 Å². The molecule has 0 aliphatic rings. The van der Waals surface area contributed by atoms with Crippen LogP contribution in [-0.2, 0) is 6.61 Å². The zero-order valence-corrected chi connectivity index (χ0v) is 16.3. The van der Waals surface area contributed by atoms with Gasteiger partial charge in [0.2, 0.25) is 0 Å². The summed E-state index contributed by atoms with van der Waals surface area (Å²) in [5, 5.41) is 19.2. The molecule has 0 amide bonds. The van der Waals surface area contributed by atoms with Crippen LogP contribution >= 0.6 is 11.6 Å². The number of benzene rings is 2. The summed E-state index contributed by atoms with van der Waals surface area (Å²) in [6, 6.07) is 9.67. The number of allylic oxidation sites excluding steroid dienone is 2. The third-order valence-corrected chi connectivity index (χ3v) is 4.42. The molecule has 0 saturated heterocycles. The van der Waals surface area contributed by atoms with E-state index in [4.69, 9.17) is 27.2 Å². The highest BCUT2D eigenvalue weighted by Gasteiger charge is 2.11. The average molecular weight is 370 g/mol. The average Bonchev–Trinajstić information content (AvgIpc) is 2.60. The summed E-state index contributed by atoms with van der Waals surface area (Å²) in [5.41, 5.74) is 5.62. The lowest BCUT2D eigenvalue weighted by Gasteiger charge is -2.15. The molecule has 26 heavy (non-hydrogen) atoms. The van der Waals surface area contributed by atoms with Crippen molar-refractivity contribution in [3.63, 3.8) is 0 Å². The van der Waals surface area contributed by atoms with Crippen molar-refractivity contribution in [3.05, 3.63) is 69.8 Å². The predicted octanol–water partition coefficient (Wildman–Crippen LogP) is 5.54. The Labute approximate surface area is 159 Å². The fraction of sp³-hybridized carbons (Fsp3) is 0.238. The quantitative estimate of drug-likeness (QED) is 0.560. The first-order chi connectivity index (χ1) is 12.3. The lowest BCUT2D eigenvalue weighted by atomic mass is 10.0. The summed E-state index contributed by atoms with van der Waals surface area (Å²) in [6.07, 6.45) is 3.20. The van der Waals surface area contributed by atoms with Gasteiger partial charge in [-0.1, -0.05) is 23.7 Å². The van der Waals surface area contributed by atoms with Gasteiger partial charge in [-0.25, -0.2) is 0 Å². The van der Waals surface area contributed by atoms with E-state index in [0.717, 1.165) is 27.9 Å². The summed E-state index contributed by atoms with van der Waals surface area (Å²) in [5.74, 6) is 0.596. The zero-order valence-electron chi connectivity index (χ0n) is 15.5. The highest BCUT2D eigenvalue weighted by atomic mass is 35.5. The van der Waals surface area contributed by atoms with Crippen LogP contribution in [0.1, 0.15) is 29.2 Å². The normalized spacial score (nSPS) is 10.8. The summed E-state index contributed by atoms with van der Waals surface area (Å²) in [7, 11) is 1.89. The van der Waals surface area contributed by atoms with E-state index in [-0.39, 0.29) is 0 Å². The maximum Gasteiger partial charge on any atom is 0.138 e. The fourth-order valence-corrected chi connectivity index (χ4v) is 2.85. The van der Waals surface area contributed by atoms with Crippen LogP contribution in [0.5, 0.6) is 5.75 Å². The van der Waals surface area contributed by atoms with Crippen LogP contribution in [0.2, 0.25) is 5.02 Å². The Morgan fingerprint density at radius 1 is 1.15 bits per heavy atom. The molecule has 0 heterocycles. The van der Waals surface area contributed by atoms with Crippen molar-refractivity contribution in [2.24, 2.45) is 0 Å². The second-order valence-electron chi connectivity index (χ2n) is 6.17. The second kappa shape index (κ2) is 8.68. The number of aryl methyl sites for hydroxylation is 2. The lowest BCUT2D eigenvalue weighted by molar-refractivity contribution is 0.306. The summed E-state index contributed by atoms with van der Waals surface area (Å²) in [6.45, 7) is 6.05. The minimum atomic E-state index is 0.318. The number of ether oxygens (including phenoxy) is 1. The van der Waals surface area contributed by atoms with Crippen molar-refractivity contribution in [3.8, 4) is 5.75 Å². The van der Waals surface area contributed by atoms with E-state index in [2.05, 4.69) is 18.3 Å². The lowest BCUT2D eigenvalue weighted by Crippen LogP contribution is -2.05. The maximum atomic E-state index is 8.16.